The number of nitrogens with one attached hydrogen (secondary N) is 1. The lowest BCUT2D eigenvalue weighted by molar-refractivity contribution is -0.176. The highest BCUT2D eigenvalue weighted by Gasteiger charge is 2.42. The van der Waals surface area contributed by atoms with Crippen LogP contribution in [0.4, 0.5) is 0 Å². The van der Waals surface area contributed by atoms with Crippen molar-refractivity contribution >= 4 is 29.6 Å². The number of carbonyl (C=O) groups excluding carboxylic acids is 5. The van der Waals surface area contributed by atoms with Crippen LogP contribution in [0, 0.1) is 11.8 Å². The Kier molecular flexibility index (Phi) is 11.0. The topological polar surface area (TPSA) is 177 Å². The van der Waals surface area contributed by atoms with Crippen LogP contribution in [0.2, 0.25) is 0 Å². The smallest absolute Gasteiger partial charge is 0.332 e. The molecule has 1 aliphatic heterocycles. The van der Waals surface area contributed by atoms with Crippen LogP contribution in [0.25, 0.3) is 0 Å². The Morgan fingerprint density at radius 3 is 2.43 bits per heavy atom. The monoisotopic (exact) mass is 586 g/mol. The van der Waals surface area contributed by atoms with Gasteiger partial charge in [0.1, 0.15) is 18.6 Å². The maximum absolute atomic E-state index is 13.4. The number of cyclic esters (lactones) is 2. The molecule has 13 nitrogen and oxygen atoms in total. The summed E-state index contributed by atoms with van der Waals surface area (Å²) in [4.78, 5) is 67.8. The van der Waals surface area contributed by atoms with Gasteiger partial charge in [-0.3, -0.25) is 19.2 Å². The summed E-state index contributed by atoms with van der Waals surface area (Å²) in [6.07, 6.45) is -2.86. The summed E-state index contributed by atoms with van der Waals surface area (Å²) in [6, 6.07) is 8.82. The third-order valence-corrected chi connectivity index (χ3v) is 6.35. The zero-order valence-corrected chi connectivity index (χ0v) is 23.9. The van der Waals surface area contributed by atoms with E-state index in [4.69, 9.17) is 23.7 Å². The summed E-state index contributed by atoms with van der Waals surface area (Å²) in [5.74, 6) is -5.98. The SMILES string of the molecule is COc1ccnc(C(=O)N[C@H]2COC(=O)[C@H](Cc3ccccc3)[C@@H](OC(=O)C(C)C)[C@H](C)OC2=O)c1OC(O)C(C)=O. The fraction of sp³-hybridized carbons (Fsp3) is 0.448. The Morgan fingerprint density at radius 1 is 1.12 bits per heavy atom. The molecule has 1 unspecified atom stereocenters. The molecule has 0 spiro atoms. The molecule has 0 radical (unpaired) electrons. The number of methoxy groups -OCH3 is 1. The number of hydrogen-bond donors (Lipinski definition) is 2. The zero-order valence-electron chi connectivity index (χ0n) is 23.9. The summed E-state index contributed by atoms with van der Waals surface area (Å²) in [5.41, 5.74) is 0.337. The number of Topliss-reactive ketones (excluding diaryl/α,β-unsaturated/α-hetero) is 1. The van der Waals surface area contributed by atoms with E-state index >= 15 is 0 Å². The molecule has 1 aliphatic rings. The normalized spacial score (nSPS) is 21.5. The number of amides is 1. The maximum atomic E-state index is 13.4. The highest BCUT2D eigenvalue weighted by Crippen LogP contribution is 2.31. The number of esters is 3. The van der Waals surface area contributed by atoms with E-state index in [0.29, 0.717) is 0 Å². The van der Waals surface area contributed by atoms with Gasteiger partial charge in [0.25, 0.3) is 12.2 Å². The van der Waals surface area contributed by atoms with E-state index in [-0.39, 0.29) is 17.9 Å². The third kappa shape index (κ3) is 8.03. The number of aromatic nitrogens is 1. The average molecular weight is 587 g/mol. The number of hydrogen-bond acceptors (Lipinski definition) is 12. The molecule has 0 aliphatic carbocycles. The number of rotatable bonds is 10. The van der Waals surface area contributed by atoms with Gasteiger partial charge in [0.05, 0.1) is 13.0 Å². The Balaban J connectivity index is 1.90. The number of carbonyl (C=O) groups is 5. The van der Waals surface area contributed by atoms with E-state index in [0.717, 1.165) is 12.5 Å². The van der Waals surface area contributed by atoms with Crippen molar-refractivity contribution in [1.29, 1.82) is 0 Å². The summed E-state index contributed by atoms with van der Waals surface area (Å²) >= 11 is 0. The largest absolute Gasteiger partial charge is 0.493 e. The van der Waals surface area contributed by atoms with Gasteiger partial charge in [-0.05, 0) is 18.9 Å². The van der Waals surface area contributed by atoms with E-state index < -0.39 is 78.3 Å². The van der Waals surface area contributed by atoms with Crippen LogP contribution < -0.4 is 14.8 Å². The highest BCUT2D eigenvalue weighted by molar-refractivity contribution is 5.98. The second-order valence-electron chi connectivity index (χ2n) is 9.92. The van der Waals surface area contributed by atoms with Crippen LogP contribution in [0.1, 0.15) is 43.7 Å². The first-order valence-electron chi connectivity index (χ1n) is 13.2. The molecule has 2 aromatic rings. The summed E-state index contributed by atoms with van der Waals surface area (Å²) in [6.45, 7) is 5.20. The molecule has 3 rings (SSSR count). The number of benzene rings is 1. The Hall–Kier alpha value is -4.52. The molecule has 1 aromatic heterocycles. The van der Waals surface area contributed by atoms with Crippen molar-refractivity contribution in [2.24, 2.45) is 11.8 Å². The van der Waals surface area contributed by atoms with Crippen molar-refractivity contribution in [1.82, 2.24) is 10.3 Å². The van der Waals surface area contributed by atoms with Crippen molar-refractivity contribution < 1.29 is 52.8 Å². The van der Waals surface area contributed by atoms with E-state index in [1.165, 1.54) is 26.3 Å². The van der Waals surface area contributed by atoms with Crippen LogP contribution in [-0.4, -0.2) is 77.9 Å². The van der Waals surface area contributed by atoms with E-state index in [1.54, 1.807) is 38.1 Å². The number of aliphatic hydroxyl groups excluding tert-OH is 1. The predicted molar refractivity (Wildman–Crippen MR) is 144 cm³/mol. The first-order chi connectivity index (χ1) is 19.9. The van der Waals surface area contributed by atoms with Gasteiger partial charge >= 0.3 is 17.9 Å². The molecule has 1 fully saturated rings. The highest BCUT2D eigenvalue weighted by atomic mass is 16.6. The van der Waals surface area contributed by atoms with Gasteiger partial charge in [0.2, 0.25) is 0 Å². The lowest BCUT2D eigenvalue weighted by Gasteiger charge is -2.29. The third-order valence-electron chi connectivity index (χ3n) is 6.35. The van der Waals surface area contributed by atoms with Crippen molar-refractivity contribution in [2.75, 3.05) is 13.7 Å². The Labute approximate surface area is 242 Å². The first kappa shape index (κ1) is 32.0. The molecule has 13 heteroatoms. The summed E-state index contributed by atoms with van der Waals surface area (Å²) < 4.78 is 27.1. The van der Waals surface area contributed by atoms with Crippen LogP contribution in [0.5, 0.6) is 11.5 Å². The van der Waals surface area contributed by atoms with E-state index in [2.05, 4.69) is 10.3 Å². The lowest BCUT2D eigenvalue weighted by Crippen LogP contribution is -2.47. The number of aliphatic hydroxyl groups is 1. The van der Waals surface area contributed by atoms with Crippen LogP contribution in [0.15, 0.2) is 42.6 Å². The molecule has 1 saturated heterocycles. The maximum Gasteiger partial charge on any atom is 0.332 e. The molecule has 5 atom stereocenters. The van der Waals surface area contributed by atoms with Crippen molar-refractivity contribution in [3.8, 4) is 11.5 Å². The van der Waals surface area contributed by atoms with E-state index in [9.17, 15) is 29.1 Å². The average Bonchev–Trinajstić information content (AvgIpc) is 2.99. The van der Waals surface area contributed by atoms with Gasteiger partial charge in [-0.15, -0.1) is 0 Å². The van der Waals surface area contributed by atoms with Gasteiger partial charge in [0.15, 0.2) is 35.1 Å². The fourth-order valence-electron chi connectivity index (χ4n) is 4.04. The number of ketones is 1. The minimum atomic E-state index is -1.92. The second-order valence-corrected chi connectivity index (χ2v) is 9.92. The Morgan fingerprint density at radius 2 is 1.81 bits per heavy atom. The van der Waals surface area contributed by atoms with Gasteiger partial charge in [-0.25, -0.2) is 9.78 Å². The summed E-state index contributed by atoms with van der Waals surface area (Å²) in [7, 11) is 1.27. The molecule has 1 aromatic carbocycles. The van der Waals surface area contributed by atoms with Gasteiger partial charge in [-0.2, -0.15) is 0 Å². The molecule has 0 saturated carbocycles. The van der Waals surface area contributed by atoms with Crippen LogP contribution in [-0.2, 0) is 39.8 Å². The summed E-state index contributed by atoms with van der Waals surface area (Å²) in [5, 5.41) is 12.3. The number of nitrogens with zero attached hydrogens (tertiary/aromatic N) is 1. The van der Waals surface area contributed by atoms with Gasteiger partial charge in [-0.1, -0.05) is 44.2 Å². The van der Waals surface area contributed by atoms with Gasteiger partial charge in [0, 0.05) is 19.2 Å². The van der Waals surface area contributed by atoms with Crippen molar-refractivity contribution in [3.05, 3.63) is 53.9 Å². The minimum Gasteiger partial charge on any atom is -0.493 e. The molecule has 2 N–H and O–H groups in total. The van der Waals surface area contributed by atoms with Crippen LogP contribution >= 0.6 is 0 Å². The molecule has 226 valence electrons. The van der Waals surface area contributed by atoms with Crippen LogP contribution in [0.3, 0.4) is 0 Å². The minimum absolute atomic E-state index is 0.0221. The molecule has 2 heterocycles. The molecule has 42 heavy (non-hydrogen) atoms. The lowest BCUT2D eigenvalue weighted by atomic mass is 9.91. The second kappa shape index (κ2) is 14.4. The van der Waals surface area contributed by atoms with Crippen molar-refractivity contribution in [2.45, 2.75) is 58.7 Å². The number of ether oxygens (including phenoxy) is 5. The predicted octanol–water partition coefficient (Wildman–Crippen LogP) is 1.39. The number of pyridine rings is 1. The zero-order chi connectivity index (χ0) is 31.0. The molecular weight excluding hydrogens is 552 g/mol. The Bertz CT molecular complexity index is 1300. The molecule has 1 amide bonds. The van der Waals surface area contributed by atoms with Gasteiger partial charge < -0.3 is 34.1 Å². The van der Waals surface area contributed by atoms with Crippen molar-refractivity contribution in [3.63, 3.8) is 0 Å². The standard InChI is InChI=1S/C29H34N2O11/c1-15(2)26(34)41-23-17(4)40-29(37)20(14-39-28(36)19(23)13-18-9-7-6-8-10-18)31-25(33)22-24(42-27(35)16(3)32)21(38-5)11-12-30-22/h6-12,15,17,19-20,23,27,35H,13-14H2,1-5H3,(H,31,33)/t17-,19+,20-,23-,27?/m0/s1. The first-order valence-corrected chi connectivity index (χ1v) is 13.2. The molecule has 0 bridgehead atoms. The quantitative estimate of drug-likeness (QED) is 0.233. The molecular formula is C29H34N2O11. The fourth-order valence-corrected chi connectivity index (χ4v) is 4.04. The van der Waals surface area contributed by atoms with E-state index in [1.807, 2.05) is 6.07 Å².